The average Bonchev–Trinajstić information content (AvgIpc) is 3.07. The summed E-state index contributed by atoms with van der Waals surface area (Å²) in [6, 6.07) is 13.5. The number of carbonyl (C=O) groups excluding carboxylic acids is 5. The summed E-state index contributed by atoms with van der Waals surface area (Å²) in [6.07, 6.45) is -2.79. The second-order valence-corrected chi connectivity index (χ2v) is 8.56. The molecule has 0 radical (unpaired) electrons. The summed E-state index contributed by atoms with van der Waals surface area (Å²) in [5, 5.41) is 2.79. The smallest absolute Gasteiger partial charge is 0.352 e. The van der Waals surface area contributed by atoms with Gasteiger partial charge in [-0.1, -0.05) is 42.5 Å². The molecule has 11 heteroatoms. The van der Waals surface area contributed by atoms with Crippen molar-refractivity contribution in [3.8, 4) is 0 Å². The van der Waals surface area contributed by atoms with Gasteiger partial charge in [-0.15, -0.1) is 13.2 Å². The van der Waals surface area contributed by atoms with Gasteiger partial charge in [-0.25, -0.2) is 0 Å². The summed E-state index contributed by atoms with van der Waals surface area (Å²) in [5.41, 5.74) is 1.74. The molecule has 8 nitrogen and oxygen atoms in total. The zero-order valence-electron chi connectivity index (χ0n) is 21.0. The normalized spacial score (nSPS) is 15.6. The Balaban J connectivity index is 0.000000757. The standard InChI is InChI=1S/C25H26N2O5.C2H3F3O/c1-27(22-12-10-19(29)11-13-23(22)30)25(32)20-9-5-8-18(21(20)16-28)15-26-24(31)14-17-6-3-2-4-7-17;1-6-2(3,4)5/h2-9,16,22H,10-15H2,1H3,(H,26,31);1H3. The zero-order chi connectivity index (χ0) is 28.3. The van der Waals surface area contributed by atoms with E-state index in [1.54, 1.807) is 12.1 Å². The summed E-state index contributed by atoms with van der Waals surface area (Å²) < 4.78 is 34.6. The molecular formula is C27H29F3N2O6. The van der Waals surface area contributed by atoms with Crippen LogP contribution in [0, 0.1) is 0 Å². The van der Waals surface area contributed by atoms with Gasteiger partial charge in [0, 0.05) is 45.5 Å². The predicted octanol–water partition coefficient (Wildman–Crippen LogP) is 3.66. The highest BCUT2D eigenvalue weighted by atomic mass is 19.4. The van der Waals surface area contributed by atoms with Crippen LogP contribution in [0.5, 0.6) is 0 Å². The molecule has 204 valence electrons. The van der Waals surface area contributed by atoms with Crippen molar-refractivity contribution in [2.24, 2.45) is 0 Å². The summed E-state index contributed by atoms with van der Waals surface area (Å²) >= 11 is 0. The number of halogens is 3. The molecular weight excluding hydrogens is 505 g/mol. The maximum atomic E-state index is 13.1. The first-order chi connectivity index (χ1) is 18.0. The van der Waals surface area contributed by atoms with E-state index in [2.05, 4.69) is 10.1 Å². The van der Waals surface area contributed by atoms with E-state index in [-0.39, 0.29) is 67.2 Å². The Labute approximate surface area is 218 Å². The van der Waals surface area contributed by atoms with Crippen LogP contribution in [0.3, 0.4) is 0 Å². The van der Waals surface area contributed by atoms with Crippen LogP contribution in [0.25, 0.3) is 0 Å². The van der Waals surface area contributed by atoms with Crippen LogP contribution in [0.4, 0.5) is 13.2 Å². The number of alkyl halides is 3. The lowest BCUT2D eigenvalue weighted by molar-refractivity contribution is -0.311. The minimum atomic E-state index is -4.46. The molecule has 1 fully saturated rings. The van der Waals surface area contributed by atoms with Gasteiger partial charge >= 0.3 is 6.36 Å². The van der Waals surface area contributed by atoms with Gasteiger partial charge in [0.2, 0.25) is 5.91 Å². The first-order valence-electron chi connectivity index (χ1n) is 11.8. The Morgan fingerprint density at radius 1 is 1.05 bits per heavy atom. The highest BCUT2D eigenvalue weighted by Crippen LogP contribution is 2.21. The number of amides is 2. The topological polar surface area (TPSA) is 110 Å². The van der Waals surface area contributed by atoms with E-state index in [9.17, 15) is 37.1 Å². The molecule has 1 unspecified atom stereocenters. The lowest BCUT2D eigenvalue weighted by Crippen LogP contribution is -2.42. The number of ether oxygens (including phenoxy) is 1. The molecule has 1 saturated carbocycles. The van der Waals surface area contributed by atoms with Crippen LogP contribution in [0.15, 0.2) is 48.5 Å². The number of likely N-dealkylation sites (N-methyl/N-ethyl adjacent to an activating group) is 1. The van der Waals surface area contributed by atoms with Crippen LogP contribution in [-0.2, 0) is 32.1 Å². The third-order valence-electron chi connectivity index (χ3n) is 5.97. The number of nitrogens with zero attached hydrogens (tertiary/aromatic N) is 1. The van der Waals surface area contributed by atoms with Crippen molar-refractivity contribution in [1.29, 1.82) is 0 Å². The number of carbonyl (C=O) groups is 5. The maximum Gasteiger partial charge on any atom is 0.522 e. The molecule has 1 N–H and O–H groups in total. The van der Waals surface area contributed by atoms with Crippen molar-refractivity contribution in [1.82, 2.24) is 10.2 Å². The van der Waals surface area contributed by atoms with Crippen LogP contribution in [0.2, 0.25) is 0 Å². The zero-order valence-corrected chi connectivity index (χ0v) is 21.0. The number of ketones is 2. The van der Waals surface area contributed by atoms with Crippen LogP contribution in [0.1, 0.15) is 57.5 Å². The number of benzene rings is 2. The molecule has 1 aliphatic carbocycles. The molecule has 2 aromatic rings. The number of hydrogen-bond acceptors (Lipinski definition) is 6. The lowest BCUT2D eigenvalue weighted by atomic mass is 9.99. The molecule has 0 spiro atoms. The Kier molecular flexibility index (Phi) is 11.3. The molecule has 2 aromatic carbocycles. The van der Waals surface area contributed by atoms with E-state index in [0.717, 1.165) is 5.56 Å². The van der Waals surface area contributed by atoms with E-state index in [1.807, 2.05) is 30.3 Å². The first-order valence-corrected chi connectivity index (χ1v) is 11.8. The van der Waals surface area contributed by atoms with Gasteiger partial charge in [-0.2, -0.15) is 0 Å². The number of hydrogen-bond donors (Lipinski definition) is 1. The summed E-state index contributed by atoms with van der Waals surface area (Å²) in [4.78, 5) is 62.7. The fraction of sp³-hybridized carbons (Fsp3) is 0.370. The molecule has 0 aliphatic heterocycles. The van der Waals surface area contributed by atoms with Gasteiger partial charge in [0.05, 0.1) is 18.0 Å². The monoisotopic (exact) mass is 534 g/mol. The molecule has 0 aromatic heterocycles. The van der Waals surface area contributed by atoms with Gasteiger partial charge in [-0.3, -0.25) is 28.7 Å². The van der Waals surface area contributed by atoms with Crippen LogP contribution in [-0.4, -0.2) is 61.1 Å². The van der Waals surface area contributed by atoms with Crippen molar-refractivity contribution < 1.29 is 41.9 Å². The Hall–Kier alpha value is -3.86. The first kappa shape index (κ1) is 30.4. The number of nitrogens with one attached hydrogen (secondary N) is 1. The SMILES string of the molecule is CN(C(=O)c1cccc(CNC(=O)Cc2ccccc2)c1C=O)C1CCC(=O)CCC1=O.COC(F)(F)F. The molecule has 1 atom stereocenters. The number of Topliss-reactive ketones (excluding diaryl/α,β-unsaturated/α-hetero) is 2. The van der Waals surface area contributed by atoms with Crippen molar-refractivity contribution >= 4 is 29.7 Å². The average molecular weight is 535 g/mol. The molecule has 0 bridgehead atoms. The molecule has 0 heterocycles. The van der Waals surface area contributed by atoms with Gasteiger partial charge in [-0.05, 0) is 23.6 Å². The lowest BCUT2D eigenvalue weighted by Gasteiger charge is -2.26. The second-order valence-electron chi connectivity index (χ2n) is 8.56. The van der Waals surface area contributed by atoms with Crippen molar-refractivity contribution in [2.45, 2.75) is 51.1 Å². The van der Waals surface area contributed by atoms with Crippen LogP contribution < -0.4 is 5.32 Å². The third kappa shape index (κ3) is 9.22. The third-order valence-corrected chi connectivity index (χ3v) is 5.97. The van der Waals surface area contributed by atoms with Gasteiger partial charge in [0.25, 0.3) is 5.91 Å². The van der Waals surface area contributed by atoms with Crippen LogP contribution >= 0.6 is 0 Å². The van der Waals surface area contributed by atoms with Crippen molar-refractivity contribution in [3.63, 3.8) is 0 Å². The molecule has 2 amide bonds. The van der Waals surface area contributed by atoms with Gasteiger partial charge in [0.1, 0.15) is 5.78 Å². The number of methoxy groups -OCH3 is 1. The van der Waals surface area contributed by atoms with E-state index in [0.29, 0.717) is 19.0 Å². The largest absolute Gasteiger partial charge is 0.522 e. The van der Waals surface area contributed by atoms with Gasteiger partial charge < -0.3 is 10.2 Å². The molecule has 3 rings (SSSR count). The fourth-order valence-electron chi connectivity index (χ4n) is 3.88. The Morgan fingerprint density at radius 2 is 1.71 bits per heavy atom. The molecule has 0 saturated heterocycles. The maximum absolute atomic E-state index is 13.1. The van der Waals surface area contributed by atoms with E-state index < -0.39 is 18.3 Å². The Bertz CT molecular complexity index is 1150. The number of aldehydes is 1. The Morgan fingerprint density at radius 3 is 2.32 bits per heavy atom. The molecule has 38 heavy (non-hydrogen) atoms. The van der Waals surface area contributed by atoms with Crippen molar-refractivity contribution in [3.05, 3.63) is 70.8 Å². The fourth-order valence-corrected chi connectivity index (χ4v) is 3.88. The summed E-state index contributed by atoms with van der Waals surface area (Å²) in [5.74, 6) is -0.792. The van der Waals surface area contributed by atoms with Gasteiger partial charge in [0.15, 0.2) is 12.1 Å². The quantitative estimate of drug-likeness (QED) is 0.429. The highest BCUT2D eigenvalue weighted by molar-refractivity contribution is 6.04. The second kappa shape index (κ2) is 14.2. The van der Waals surface area contributed by atoms with E-state index >= 15 is 0 Å². The summed E-state index contributed by atoms with van der Waals surface area (Å²) in [6.45, 7) is 0.0986. The minimum absolute atomic E-state index is 0.0171. The highest BCUT2D eigenvalue weighted by Gasteiger charge is 2.31. The minimum Gasteiger partial charge on any atom is -0.352 e. The molecule has 1 aliphatic rings. The van der Waals surface area contributed by atoms with Crippen molar-refractivity contribution in [2.75, 3.05) is 14.2 Å². The predicted molar refractivity (Wildman–Crippen MR) is 131 cm³/mol. The summed E-state index contributed by atoms with van der Waals surface area (Å²) in [7, 11) is 2.10. The van der Waals surface area contributed by atoms with E-state index in [1.165, 1.54) is 18.0 Å². The number of rotatable bonds is 7. The van der Waals surface area contributed by atoms with E-state index in [4.69, 9.17) is 0 Å².